The van der Waals surface area contributed by atoms with Gasteiger partial charge in [-0.1, -0.05) is 250 Å². The minimum absolute atomic E-state index is 0.0352. The van der Waals surface area contributed by atoms with E-state index in [2.05, 4.69) is 31.3 Å². The van der Waals surface area contributed by atoms with E-state index >= 15 is 0 Å². The summed E-state index contributed by atoms with van der Waals surface area (Å²) in [6.45, 7) is 4.83. The number of unbranched alkanes of at least 4 members (excludes halogenated alkanes) is 38. The molecule has 62 heavy (non-hydrogen) atoms. The third-order valence-corrected chi connectivity index (χ3v) is 12.7. The van der Waals surface area contributed by atoms with Gasteiger partial charge in [-0.05, 0) is 57.8 Å². The van der Waals surface area contributed by atoms with Crippen LogP contribution >= 0.6 is 0 Å². The molecule has 0 bridgehead atoms. The van der Waals surface area contributed by atoms with Crippen molar-refractivity contribution in [3.05, 3.63) is 24.3 Å². The largest absolute Gasteiger partial charge is 0.466 e. The second kappa shape index (κ2) is 52.0. The molecular weight excluding hydrogens is 767 g/mol. The number of amides is 1. The van der Waals surface area contributed by atoms with Gasteiger partial charge in [-0.25, -0.2) is 0 Å². The Kier molecular flexibility index (Phi) is 50.6. The molecule has 0 aromatic rings. The number of hydrogen-bond donors (Lipinski definition) is 3. The van der Waals surface area contributed by atoms with Crippen molar-refractivity contribution in [2.45, 2.75) is 309 Å². The fourth-order valence-corrected chi connectivity index (χ4v) is 8.45. The molecule has 0 saturated carbocycles. The first-order valence-corrected chi connectivity index (χ1v) is 27.6. The summed E-state index contributed by atoms with van der Waals surface area (Å²) in [6, 6.07) is -0.653. The maximum atomic E-state index is 12.4. The van der Waals surface area contributed by atoms with E-state index in [4.69, 9.17) is 4.74 Å². The van der Waals surface area contributed by atoms with Crippen LogP contribution in [0.3, 0.4) is 0 Å². The van der Waals surface area contributed by atoms with Crippen LogP contribution in [0.15, 0.2) is 24.3 Å². The summed E-state index contributed by atoms with van der Waals surface area (Å²) >= 11 is 0. The van der Waals surface area contributed by atoms with Gasteiger partial charge >= 0.3 is 5.97 Å². The highest BCUT2D eigenvalue weighted by Gasteiger charge is 2.18. The molecule has 6 nitrogen and oxygen atoms in total. The van der Waals surface area contributed by atoms with Crippen molar-refractivity contribution in [3.63, 3.8) is 0 Å². The Balaban J connectivity index is 3.55. The molecule has 0 radical (unpaired) electrons. The quantitative estimate of drug-likeness (QED) is 0.0321. The monoisotopic (exact) mass is 874 g/mol. The lowest BCUT2D eigenvalue weighted by Gasteiger charge is -2.20. The van der Waals surface area contributed by atoms with E-state index < -0.39 is 12.1 Å². The van der Waals surface area contributed by atoms with Crippen molar-refractivity contribution >= 4 is 11.9 Å². The molecule has 6 heteroatoms. The molecule has 366 valence electrons. The molecule has 0 spiro atoms. The number of aliphatic hydroxyl groups excluding tert-OH is 2. The third-order valence-electron chi connectivity index (χ3n) is 12.7. The van der Waals surface area contributed by atoms with Crippen LogP contribution in [0.4, 0.5) is 0 Å². The SMILES string of the molecule is CCCCCCCCCCCCCCCCCCCC/C=C/C(O)C(CO)NC(=O)CCCCCC/C=C\CCCCOC(=O)CCCCCCCCCCCCCCCCC. The van der Waals surface area contributed by atoms with Gasteiger partial charge in [0.1, 0.15) is 0 Å². The molecule has 0 fully saturated rings. The Morgan fingerprint density at radius 2 is 0.758 bits per heavy atom. The zero-order chi connectivity index (χ0) is 45.1. The summed E-state index contributed by atoms with van der Waals surface area (Å²) in [5.74, 6) is -0.137. The Bertz CT molecular complexity index is 966. The van der Waals surface area contributed by atoms with E-state index in [0.29, 0.717) is 19.4 Å². The number of rotatable bonds is 51. The molecule has 0 aliphatic rings. The van der Waals surface area contributed by atoms with Crippen LogP contribution in [0, 0.1) is 0 Å². The molecule has 0 rings (SSSR count). The molecule has 1 amide bonds. The van der Waals surface area contributed by atoms with Gasteiger partial charge < -0.3 is 20.3 Å². The van der Waals surface area contributed by atoms with Crippen LogP contribution < -0.4 is 5.32 Å². The second-order valence-electron chi connectivity index (χ2n) is 18.9. The predicted molar refractivity (Wildman–Crippen MR) is 269 cm³/mol. The lowest BCUT2D eigenvalue weighted by atomic mass is 10.0. The van der Waals surface area contributed by atoms with Crippen molar-refractivity contribution < 1.29 is 24.5 Å². The molecule has 3 N–H and O–H groups in total. The van der Waals surface area contributed by atoms with Gasteiger partial charge in [0.05, 0.1) is 25.4 Å². The fraction of sp³-hybridized carbons (Fsp3) is 0.893. The van der Waals surface area contributed by atoms with Crippen LogP contribution in [-0.2, 0) is 14.3 Å². The summed E-state index contributed by atoms with van der Waals surface area (Å²) < 4.78 is 5.44. The van der Waals surface area contributed by atoms with Crippen LogP contribution in [0.2, 0.25) is 0 Å². The van der Waals surface area contributed by atoms with Crippen molar-refractivity contribution in [2.24, 2.45) is 0 Å². The molecule has 0 saturated heterocycles. The Hall–Kier alpha value is -1.66. The number of carbonyl (C=O) groups excluding carboxylic acids is 2. The molecule has 0 aromatic carbocycles. The first-order chi connectivity index (χ1) is 30.5. The summed E-state index contributed by atoms with van der Waals surface area (Å²) in [5.41, 5.74) is 0. The number of esters is 1. The van der Waals surface area contributed by atoms with Crippen molar-refractivity contribution in [1.29, 1.82) is 0 Å². The van der Waals surface area contributed by atoms with Gasteiger partial charge in [-0.3, -0.25) is 9.59 Å². The zero-order valence-corrected chi connectivity index (χ0v) is 41.6. The van der Waals surface area contributed by atoms with E-state index in [0.717, 1.165) is 77.0 Å². The van der Waals surface area contributed by atoms with Gasteiger partial charge in [0, 0.05) is 12.8 Å². The van der Waals surface area contributed by atoms with Crippen LogP contribution in [-0.4, -0.2) is 47.4 Å². The fourth-order valence-electron chi connectivity index (χ4n) is 8.45. The number of allylic oxidation sites excluding steroid dienone is 3. The Morgan fingerprint density at radius 3 is 1.15 bits per heavy atom. The average molecular weight is 874 g/mol. The van der Waals surface area contributed by atoms with Crippen LogP contribution in [0.1, 0.15) is 296 Å². The number of aliphatic hydroxyl groups is 2. The van der Waals surface area contributed by atoms with Crippen molar-refractivity contribution in [3.8, 4) is 0 Å². The first-order valence-electron chi connectivity index (χ1n) is 27.6. The number of hydrogen-bond acceptors (Lipinski definition) is 5. The summed E-state index contributed by atoms with van der Waals surface area (Å²) in [5, 5.41) is 23.1. The zero-order valence-electron chi connectivity index (χ0n) is 41.6. The highest BCUT2D eigenvalue weighted by Crippen LogP contribution is 2.17. The summed E-state index contributed by atoms with van der Waals surface area (Å²) in [6.07, 6.45) is 61.9. The average Bonchev–Trinajstić information content (AvgIpc) is 3.27. The van der Waals surface area contributed by atoms with E-state index in [1.807, 2.05) is 6.08 Å². The van der Waals surface area contributed by atoms with Gasteiger partial charge in [-0.15, -0.1) is 0 Å². The Morgan fingerprint density at radius 1 is 0.435 bits per heavy atom. The van der Waals surface area contributed by atoms with Crippen LogP contribution in [0.5, 0.6) is 0 Å². The Labute approximate surface area is 386 Å². The van der Waals surface area contributed by atoms with Crippen molar-refractivity contribution in [2.75, 3.05) is 13.2 Å². The lowest BCUT2D eigenvalue weighted by molar-refractivity contribution is -0.143. The van der Waals surface area contributed by atoms with Gasteiger partial charge in [0.25, 0.3) is 0 Å². The summed E-state index contributed by atoms with van der Waals surface area (Å²) in [4.78, 5) is 24.5. The molecule has 0 aromatic heterocycles. The van der Waals surface area contributed by atoms with E-state index in [9.17, 15) is 19.8 Å². The van der Waals surface area contributed by atoms with Gasteiger partial charge in [0.2, 0.25) is 5.91 Å². The third kappa shape index (κ3) is 47.8. The first kappa shape index (κ1) is 60.3. The minimum Gasteiger partial charge on any atom is -0.466 e. The maximum Gasteiger partial charge on any atom is 0.305 e. The summed E-state index contributed by atoms with van der Waals surface area (Å²) in [7, 11) is 0. The molecule has 0 aliphatic heterocycles. The normalized spacial score (nSPS) is 12.8. The van der Waals surface area contributed by atoms with Gasteiger partial charge in [-0.2, -0.15) is 0 Å². The van der Waals surface area contributed by atoms with E-state index in [-0.39, 0.29) is 18.5 Å². The minimum atomic E-state index is -0.866. The molecule has 0 aliphatic carbocycles. The molecular formula is C56H107NO5. The lowest BCUT2D eigenvalue weighted by Crippen LogP contribution is -2.45. The second-order valence-corrected chi connectivity index (χ2v) is 18.9. The number of nitrogens with one attached hydrogen (secondary N) is 1. The number of ether oxygens (including phenoxy) is 1. The van der Waals surface area contributed by atoms with Crippen molar-refractivity contribution in [1.82, 2.24) is 5.32 Å². The topological polar surface area (TPSA) is 95.9 Å². The predicted octanol–water partition coefficient (Wildman–Crippen LogP) is 16.7. The highest BCUT2D eigenvalue weighted by molar-refractivity contribution is 5.76. The highest BCUT2D eigenvalue weighted by atomic mass is 16.5. The maximum absolute atomic E-state index is 12.4. The smallest absolute Gasteiger partial charge is 0.305 e. The molecule has 2 unspecified atom stereocenters. The number of carbonyl (C=O) groups is 2. The van der Waals surface area contributed by atoms with Gasteiger partial charge in [0.15, 0.2) is 0 Å². The van der Waals surface area contributed by atoms with E-state index in [1.54, 1.807) is 6.08 Å². The molecule has 2 atom stereocenters. The molecule has 0 heterocycles. The van der Waals surface area contributed by atoms with Crippen LogP contribution in [0.25, 0.3) is 0 Å². The van der Waals surface area contributed by atoms with E-state index in [1.165, 1.54) is 193 Å². The standard InChI is InChI=1S/C56H107NO5/c1-3-5-7-9-11-13-15-17-19-20-21-22-23-25-26-28-32-36-40-44-48-54(59)53(52-58)57-55(60)49-45-41-37-33-30-31-35-39-43-47-51-62-56(61)50-46-42-38-34-29-27-24-18-16-14-12-10-8-6-4-2/h31,35,44,48,53-54,58-59H,3-30,32-34,36-43,45-47,49-52H2,1-2H3,(H,57,60)/b35-31-,48-44+.